The lowest BCUT2D eigenvalue weighted by atomic mass is 9.99. The van der Waals surface area contributed by atoms with Crippen LogP contribution in [0, 0.1) is 0 Å². The van der Waals surface area contributed by atoms with Gasteiger partial charge in [0.15, 0.2) is 5.82 Å². The summed E-state index contributed by atoms with van der Waals surface area (Å²) in [5.41, 5.74) is 4.00. The van der Waals surface area contributed by atoms with Crippen LogP contribution in [0.1, 0.15) is 46.4 Å². The molecule has 0 spiro atoms. The van der Waals surface area contributed by atoms with Gasteiger partial charge in [0.1, 0.15) is 24.0 Å². The molecule has 16 nitrogen and oxygen atoms in total. The number of aromatic nitrogens is 2. The fourth-order valence-electron chi connectivity index (χ4n) is 9.30. The van der Waals surface area contributed by atoms with Gasteiger partial charge < -0.3 is 29.7 Å². The van der Waals surface area contributed by atoms with Crippen LogP contribution in [0.15, 0.2) is 66.9 Å². The fourth-order valence-corrected chi connectivity index (χ4v) is 10.6. The van der Waals surface area contributed by atoms with Gasteiger partial charge in [-0.15, -0.1) is 0 Å². The molecule has 1 unspecified atom stereocenters. The Kier molecular flexibility index (Phi) is 11.4. The van der Waals surface area contributed by atoms with Crippen LogP contribution < -0.4 is 35.8 Å². The molecule has 6 heterocycles. The highest BCUT2D eigenvalue weighted by Crippen LogP contribution is 2.39. The Morgan fingerprint density at radius 1 is 0.774 bits per heavy atom. The van der Waals surface area contributed by atoms with Crippen molar-refractivity contribution in [2.75, 3.05) is 93.2 Å². The van der Waals surface area contributed by atoms with Gasteiger partial charge >= 0.3 is 0 Å². The monoisotopic (exact) mass is 880 g/mol. The zero-order valence-corrected chi connectivity index (χ0v) is 36.6. The number of methoxy groups -OCH3 is 1. The van der Waals surface area contributed by atoms with E-state index in [1.807, 2.05) is 42.5 Å². The molecule has 5 aliphatic rings. The van der Waals surface area contributed by atoms with Crippen LogP contribution in [-0.4, -0.2) is 139 Å². The summed E-state index contributed by atoms with van der Waals surface area (Å²) in [4.78, 5) is 70.5. The number of hydrogen-bond acceptors (Lipinski definition) is 14. The maximum atomic E-state index is 13.3. The Hall–Kier alpha value is -5.54. The van der Waals surface area contributed by atoms with Gasteiger partial charge in [-0.2, -0.15) is 4.98 Å². The summed E-state index contributed by atoms with van der Waals surface area (Å²) in [6.07, 6.45) is 3.91. The maximum absolute atomic E-state index is 13.3. The van der Waals surface area contributed by atoms with Gasteiger partial charge in [0.25, 0.3) is 11.8 Å². The standard InChI is InChI=1S/C44H50ClN10O6P/c1-61-37-23-29(9-11-34(37)48-44-46-24-33(45)40(50-44)47-35-6-4-5-7-38(35)62(2,3)60)51-16-14-27(15-17-51)52-18-20-53(21-19-52)30-25-54(26-30)28-8-10-31-32(22-28)43(59)55(42(31)58)36-12-13-39(56)49-41(36)57/h4-11,22-24,27,30,36H,12-21,25-26H2,1-3H3,(H,49,56,57)(H2,46,47,48,50). The summed E-state index contributed by atoms with van der Waals surface area (Å²) in [6, 6.07) is 18.9. The van der Waals surface area contributed by atoms with E-state index in [9.17, 15) is 23.7 Å². The number of piperazine rings is 1. The van der Waals surface area contributed by atoms with Gasteiger partial charge in [-0.1, -0.05) is 23.7 Å². The van der Waals surface area contributed by atoms with Crippen molar-refractivity contribution < 1.29 is 28.5 Å². The molecule has 0 saturated carbocycles. The fraction of sp³-hybridized carbons (Fsp3) is 0.409. The van der Waals surface area contributed by atoms with Crippen molar-refractivity contribution >= 4 is 82.2 Å². The number of nitrogens with zero attached hydrogens (tertiary/aromatic N) is 7. The number of benzene rings is 3. The molecule has 4 saturated heterocycles. The lowest BCUT2D eigenvalue weighted by molar-refractivity contribution is -0.136. The summed E-state index contributed by atoms with van der Waals surface area (Å²) < 4.78 is 18.7. The third kappa shape index (κ3) is 8.24. The number of piperidine rings is 2. The van der Waals surface area contributed by atoms with Crippen LogP contribution in [0.3, 0.4) is 0 Å². The summed E-state index contributed by atoms with van der Waals surface area (Å²) >= 11 is 6.49. The molecule has 18 heteroatoms. The number of rotatable bonds is 11. The van der Waals surface area contributed by atoms with E-state index in [0.717, 1.165) is 87.2 Å². The summed E-state index contributed by atoms with van der Waals surface area (Å²) in [5, 5.41) is 9.83. The molecular formula is C44H50ClN10O6P. The average Bonchev–Trinajstić information content (AvgIpc) is 3.49. The second-order valence-electron chi connectivity index (χ2n) is 16.9. The van der Waals surface area contributed by atoms with Crippen molar-refractivity contribution in [1.82, 2.24) is 30.0 Å². The van der Waals surface area contributed by atoms with E-state index >= 15 is 0 Å². The molecular weight excluding hydrogens is 831 g/mol. The Labute approximate surface area is 365 Å². The predicted molar refractivity (Wildman–Crippen MR) is 240 cm³/mol. The highest BCUT2D eigenvalue weighted by Gasteiger charge is 2.45. The van der Waals surface area contributed by atoms with Crippen LogP contribution in [0.2, 0.25) is 5.02 Å². The minimum atomic E-state index is -2.55. The number of nitrogens with one attached hydrogen (secondary N) is 3. The molecule has 324 valence electrons. The van der Waals surface area contributed by atoms with Gasteiger partial charge in [0.2, 0.25) is 17.8 Å². The van der Waals surface area contributed by atoms with Crippen LogP contribution in [0.5, 0.6) is 5.75 Å². The minimum Gasteiger partial charge on any atom is -0.494 e. The van der Waals surface area contributed by atoms with Crippen molar-refractivity contribution in [3.05, 3.63) is 83.0 Å². The lowest BCUT2D eigenvalue weighted by Crippen LogP contribution is -2.64. The van der Waals surface area contributed by atoms with Crippen LogP contribution in [-0.2, 0) is 14.2 Å². The molecule has 1 aromatic heterocycles. The van der Waals surface area contributed by atoms with E-state index in [-0.39, 0.29) is 18.7 Å². The minimum absolute atomic E-state index is 0.0937. The zero-order valence-electron chi connectivity index (χ0n) is 35.0. The summed E-state index contributed by atoms with van der Waals surface area (Å²) in [7, 11) is -0.905. The number of halogens is 1. The van der Waals surface area contributed by atoms with Crippen molar-refractivity contribution in [2.45, 2.75) is 43.8 Å². The van der Waals surface area contributed by atoms with Crippen LogP contribution in [0.4, 0.5) is 34.5 Å². The molecule has 0 bridgehead atoms. The molecule has 1 atom stereocenters. The van der Waals surface area contributed by atoms with Gasteiger partial charge in [-0.25, -0.2) is 4.98 Å². The van der Waals surface area contributed by atoms with Crippen molar-refractivity contribution in [1.29, 1.82) is 0 Å². The van der Waals surface area contributed by atoms with Gasteiger partial charge in [0, 0.05) is 93.6 Å². The zero-order chi connectivity index (χ0) is 43.3. The number of hydrogen-bond donors (Lipinski definition) is 3. The molecule has 0 aliphatic carbocycles. The smallest absolute Gasteiger partial charge is 0.262 e. The summed E-state index contributed by atoms with van der Waals surface area (Å²) in [5.74, 6) is -0.556. The number of imide groups is 2. The first-order valence-corrected chi connectivity index (χ1v) is 24.1. The Morgan fingerprint density at radius 3 is 2.16 bits per heavy atom. The number of anilines is 6. The van der Waals surface area contributed by atoms with Crippen LogP contribution >= 0.6 is 18.7 Å². The second-order valence-corrected chi connectivity index (χ2v) is 20.5. The molecule has 62 heavy (non-hydrogen) atoms. The molecule has 4 aromatic rings. The maximum Gasteiger partial charge on any atom is 0.262 e. The number of fused-ring (bicyclic) bond motifs is 1. The van der Waals surface area contributed by atoms with E-state index < -0.39 is 30.9 Å². The molecule has 3 aromatic carbocycles. The normalized spacial score (nSPS) is 20.6. The van der Waals surface area contributed by atoms with Crippen molar-refractivity contribution in [2.24, 2.45) is 0 Å². The summed E-state index contributed by atoms with van der Waals surface area (Å²) in [6.45, 7) is 11.1. The van der Waals surface area contributed by atoms with Gasteiger partial charge in [0.05, 0.1) is 35.8 Å². The van der Waals surface area contributed by atoms with E-state index in [1.165, 1.54) is 6.20 Å². The Bertz CT molecular complexity index is 2480. The first-order chi connectivity index (χ1) is 29.8. The molecule has 5 aliphatic heterocycles. The quantitative estimate of drug-likeness (QED) is 0.139. The number of ether oxygens (including phenoxy) is 1. The first kappa shape index (κ1) is 41.8. The number of para-hydroxylation sites is 1. The second kappa shape index (κ2) is 17.0. The van der Waals surface area contributed by atoms with Crippen molar-refractivity contribution in [3.8, 4) is 5.75 Å². The molecule has 9 rings (SSSR count). The highest BCUT2D eigenvalue weighted by atomic mass is 35.5. The van der Waals surface area contributed by atoms with Crippen molar-refractivity contribution in [3.63, 3.8) is 0 Å². The van der Waals surface area contributed by atoms with E-state index in [4.69, 9.17) is 16.3 Å². The van der Waals surface area contributed by atoms with E-state index in [0.29, 0.717) is 56.7 Å². The third-order valence-corrected chi connectivity index (χ3v) is 14.6. The van der Waals surface area contributed by atoms with Crippen LogP contribution in [0.25, 0.3) is 0 Å². The van der Waals surface area contributed by atoms with E-state index in [2.05, 4.69) is 51.6 Å². The van der Waals surface area contributed by atoms with Gasteiger partial charge in [-0.3, -0.25) is 39.2 Å². The number of carbonyl (C=O) groups excluding carboxylic acids is 4. The molecule has 4 amide bonds. The van der Waals surface area contributed by atoms with Gasteiger partial charge in [-0.05, 0) is 75.1 Å². The average molecular weight is 881 g/mol. The number of carbonyl (C=O) groups is 4. The third-order valence-electron chi connectivity index (χ3n) is 12.8. The lowest BCUT2D eigenvalue weighted by Gasteiger charge is -2.50. The highest BCUT2D eigenvalue weighted by molar-refractivity contribution is 7.70. The topological polar surface area (TPSA) is 173 Å². The predicted octanol–water partition coefficient (Wildman–Crippen LogP) is 4.75. The Morgan fingerprint density at radius 2 is 1.45 bits per heavy atom. The largest absolute Gasteiger partial charge is 0.494 e. The van der Waals surface area contributed by atoms with E-state index in [1.54, 1.807) is 32.6 Å². The molecule has 0 radical (unpaired) electrons. The number of amides is 4. The first-order valence-electron chi connectivity index (χ1n) is 21.1. The molecule has 3 N–H and O–H groups in total. The molecule has 4 fully saturated rings. The Balaban J connectivity index is 0.748. The SMILES string of the molecule is COc1cc(N2CCC(N3CCN(C4CN(c5ccc6c(c5)C(=O)N(C5CCC(=O)NC5=O)C6=O)C4)CC3)CC2)ccc1Nc1ncc(Cl)c(Nc2ccccc2P(C)(C)=O)n1.